The molecular weight excluding hydrogens is 360 g/mol. The summed E-state index contributed by atoms with van der Waals surface area (Å²) in [6.45, 7) is 0.198. The lowest BCUT2D eigenvalue weighted by atomic mass is 9.67. The van der Waals surface area contributed by atoms with Crippen molar-refractivity contribution >= 4 is 21.8 Å². The van der Waals surface area contributed by atoms with Crippen molar-refractivity contribution in [3.8, 4) is 11.5 Å². The van der Waals surface area contributed by atoms with Crippen molar-refractivity contribution in [2.45, 2.75) is 44.2 Å². The number of benzene rings is 1. The number of ether oxygens (including phenoxy) is 2. The Morgan fingerprint density at radius 1 is 1.22 bits per heavy atom. The second-order valence-electron chi connectivity index (χ2n) is 6.87. The molecule has 0 aromatic heterocycles. The summed E-state index contributed by atoms with van der Waals surface area (Å²) in [4.78, 5) is 12.7. The fraction of sp³-hybridized carbons (Fsp3) is 0.588. The molecular formula is C17H21BrN2O3. The van der Waals surface area contributed by atoms with Crippen molar-refractivity contribution in [3.63, 3.8) is 0 Å². The van der Waals surface area contributed by atoms with Gasteiger partial charge in [0.2, 0.25) is 6.79 Å². The predicted octanol–water partition coefficient (Wildman–Crippen LogP) is 2.81. The van der Waals surface area contributed by atoms with Gasteiger partial charge in [-0.15, -0.1) is 0 Å². The van der Waals surface area contributed by atoms with E-state index in [0.717, 1.165) is 17.3 Å². The Labute approximate surface area is 144 Å². The summed E-state index contributed by atoms with van der Waals surface area (Å²) < 4.78 is 11.5. The van der Waals surface area contributed by atoms with Gasteiger partial charge in [-0.1, -0.05) is 6.42 Å². The highest BCUT2D eigenvalue weighted by Crippen LogP contribution is 2.41. The summed E-state index contributed by atoms with van der Waals surface area (Å²) in [6, 6.07) is 4.10. The van der Waals surface area contributed by atoms with E-state index in [1.54, 1.807) is 12.1 Å². The first-order valence-electron chi connectivity index (χ1n) is 8.27. The molecule has 1 amide bonds. The lowest BCUT2D eigenvalue weighted by Crippen LogP contribution is -2.53. The first-order chi connectivity index (χ1) is 11.1. The molecule has 2 fully saturated rings. The van der Waals surface area contributed by atoms with Gasteiger partial charge in [0.25, 0.3) is 5.91 Å². The standard InChI is InChI=1S/C17H21BrN2O3/c18-13-6-11(7-14-16(13)23-8-22-14)17(21)20-15-9-2-1-3-10(15)5-12(19)4-9/h6-7,9-10,12,15H,1-5,8,19H2,(H,20,21). The first-order valence-corrected chi connectivity index (χ1v) is 9.06. The Kier molecular flexibility index (Phi) is 3.97. The summed E-state index contributed by atoms with van der Waals surface area (Å²) in [5.74, 6) is 2.27. The number of fused-ring (bicyclic) bond motifs is 3. The number of hydrogen-bond acceptors (Lipinski definition) is 4. The Hall–Kier alpha value is -1.27. The van der Waals surface area contributed by atoms with E-state index in [2.05, 4.69) is 21.2 Å². The van der Waals surface area contributed by atoms with Crippen LogP contribution in [0.15, 0.2) is 16.6 Å². The third-order valence-electron chi connectivity index (χ3n) is 5.36. The number of halogens is 1. The largest absolute Gasteiger partial charge is 0.454 e. The van der Waals surface area contributed by atoms with Crippen molar-refractivity contribution in [2.75, 3.05) is 6.79 Å². The SMILES string of the molecule is NC1CC2CCCC(C1)C2NC(=O)c1cc(Br)c2c(c1)OCO2. The van der Waals surface area contributed by atoms with Crippen LogP contribution in [-0.2, 0) is 0 Å². The molecule has 124 valence electrons. The molecule has 1 aromatic carbocycles. The first kappa shape index (κ1) is 15.3. The van der Waals surface area contributed by atoms with Crippen molar-refractivity contribution in [1.82, 2.24) is 5.32 Å². The van der Waals surface area contributed by atoms with Crippen LogP contribution in [0.5, 0.6) is 11.5 Å². The van der Waals surface area contributed by atoms with Gasteiger partial charge in [-0.25, -0.2) is 0 Å². The van der Waals surface area contributed by atoms with Gasteiger partial charge in [0.15, 0.2) is 11.5 Å². The summed E-state index contributed by atoms with van der Waals surface area (Å²) in [5.41, 5.74) is 6.77. The van der Waals surface area contributed by atoms with E-state index >= 15 is 0 Å². The van der Waals surface area contributed by atoms with E-state index in [9.17, 15) is 4.79 Å². The molecule has 2 atom stereocenters. The Balaban J connectivity index is 1.53. The zero-order chi connectivity index (χ0) is 16.0. The molecule has 4 rings (SSSR count). The smallest absolute Gasteiger partial charge is 0.251 e. The molecule has 2 bridgehead atoms. The molecule has 3 N–H and O–H groups in total. The summed E-state index contributed by atoms with van der Waals surface area (Å²) in [7, 11) is 0. The molecule has 2 unspecified atom stereocenters. The highest BCUT2D eigenvalue weighted by Gasteiger charge is 2.40. The fourth-order valence-electron chi connectivity index (χ4n) is 4.36. The predicted molar refractivity (Wildman–Crippen MR) is 89.6 cm³/mol. The zero-order valence-corrected chi connectivity index (χ0v) is 14.5. The van der Waals surface area contributed by atoms with E-state index < -0.39 is 0 Å². The number of carbonyl (C=O) groups is 1. The number of nitrogens with two attached hydrogens (primary N) is 1. The minimum absolute atomic E-state index is 0.0404. The summed E-state index contributed by atoms with van der Waals surface area (Å²) in [5, 5.41) is 3.26. The lowest BCUT2D eigenvalue weighted by molar-refractivity contribution is 0.0755. The van der Waals surface area contributed by atoms with Gasteiger partial charge in [0.05, 0.1) is 4.47 Å². The molecule has 6 heteroatoms. The molecule has 3 aliphatic rings. The molecule has 23 heavy (non-hydrogen) atoms. The van der Waals surface area contributed by atoms with Crippen LogP contribution in [0, 0.1) is 11.8 Å². The van der Waals surface area contributed by atoms with Gasteiger partial charge in [-0.05, 0) is 65.6 Å². The highest BCUT2D eigenvalue weighted by atomic mass is 79.9. The molecule has 0 radical (unpaired) electrons. The maximum absolute atomic E-state index is 12.7. The monoisotopic (exact) mass is 380 g/mol. The maximum atomic E-state index is 12.7. The summed E-state index contributed by atoms with van der Waals surface area (Å²) in [6.07, 6.45) is 5.63. The van der Waals surface area contributed by atoms with Gasteiger partial charge in [-0.2, -0.15) is 0 Å². The quantitative estimate of drug-likeness (QED) is 0.826. The third kappa shape index (κ3) is 2.83. The van der Waals surface area contributed by atoms with E-state index in [1.807, 2.05) is 0 Å². The average molecular weight is 381 g/mol. The van der Waals surface area contributed by atoms with Crippen molar-refractivity contribution < 1.29 is 14.3 Å². The van der Waals surface area contributed by atoms with Crippen LogP contribution in [0.2, 0.25) is 0 Å². The van der Waals surface area contributed by atoms with Crippen LogP contribution in [0.3, 0.4) is 0 Å². The van der Waals surface area contributed by atoms with Gasteiger partial charge >= 0.3 is 0 Å². The number of carbonyl (C=O) groups excluding carboxylic acids is 1. The van der Waals surface area contributed by atoms with Crippen LogP contribution >= 0.6 is 15.9 Å². The van der Waals surface area contributed by atoms with Crippen LogP contribution in [0.1, 0.15) is 42.5 Å². The number of nitrogens with one attached hydrogen (secondary N) is 1. The molecule has 1 aromatic rings. The zero-order valence-electron chi connectivity index (χ0n) is 12.9. The second-order valence-corrected chi connectivity index (χ2v) is 7.73. The van der Waals surface area contributed by atoms with Gasteiger partial charge < -0.3 is 20.5 Å². The molecule has 5 nitrogen and oxygen atoms in total. The maximum Gasteiger partial charge on any atom is 0.251 e. The van der Waals surface area contributed by atoms with E-state index in [4.69, 9.17) is 15.2 Å². The minimum atomic E-state index is -0.0404. The fourth-order valence-corrected chi connectivity index (χ4v) is 4.91. The van der Waals surface area contributed by atoms with Crippen LogP contribution in [-0.4, -0.2) is 24.8 Å². The van der Waals surface area contributed by atoms with Gasteiger partial charge in [-0.3, -0.25) is 4.79 Å². The van der Waals surface area contributed by atoms with E-state index in [1.165, 1.54) is 19.3 Å². The Morgan fingerprint density at radius 2 is 1.96 bits per heavy atom. The highest BCUT2D eigenvalue weighted by molar-refractivity contribution is 9.10. The molecule has 1 heterocycles. The van der Waals surface area contributed by atoms with Crippen LogP contribution in [0.25, 0.3) is 0 Å². The topological polar surface area (TPSA) is 73.6 Å². The van der Waals surface area contributed by atoms with E-state index in [0.29, 0.717) is 28.9 Å². The number of rotatable bonds is 2. The van der Waals surface area contributed by atoms with Gasteiger partial charge in [0.1, 0.15) is 0 Å². The molecule has 0 spiro atoms. The molecule has 2 saturated carbocycles. The Bertz CT molecular complexity index is 623. The average Bonchev–Trinajstić information content (AvgIpc) is 2.97. The second kappa shape index (κ2) is 5.98. The van der Waals surface area contributed by atoms with Crippen LogP contribution < -0.4 is 20.5 Å². The van der Waals surface area contributed by atoms with Crippen LogP contribution in [0.4, 0.5) is 0 Å². The van der Waals surface area contributed by atoms with E-state index in [-0.39, 0.29) is 24.8 Å². The normalized spacial score (nSPS) is 31.7. The van der Waals surface area contributed by atoms with Gasteiger partial charge in [0, 0.05) is 17.6 Å². The Morgan fingerprint density at radius 3 is 2.70 bits per heavy atom. The van der Waals surface area contributed by atoms with Crippen molar-refractivity contribution in [2.24, 2.45) is 17.6 Å². The third-order valence-corrected chi connectivity index (χ3v) is 5.95. The molecule has 1 aliphatic heterocycles. The summed E-state index contributed by atoms with van der Waals surface area (Å²) >= 11 is 3.45. The number of hydrogen-bond donors (Lipinski definition) is 2. The molecule has 0 saturated heterocycles. The number of amides is 1. The molecule has 2 aliphatic carbocycles. The van der Waals surface area contributed by atoms with Crippen molar-refractivity contribution in [3.05, 3.63) is 22.2 Å². The lowest BCUT2D eigenvalue weighted by Gasteiger charge is -2.45. The van der Waals surface area contributed by atoms with Crippen molar-refractivity contribution in [1.29, 1.82) is 0 Å². The minimum Gasteiger partial charge on any atom is -0.454 e.